The highest BCUT2D eigenvalue weighted by atomic mass is 15.0. The van der Waals surface area contributed by atoms with Crippen molar-refractivity contribution in [3.63, 3.8) is 0 Å². The summed E-state index contributed by atoms with van der Waals surface area (Å²) >= 11 is 0. The Morgan fingerprint density at radius 3 is 2.79 bits per heavy atom. The van der Waals surface area contributed by atoms with Crippen molar-refractivity contribution in [3.8, 4) is 0 Å². The Balaban J connectivity index is 2.61. The van der Waals surface area contributed by atoms with Gasteiger partial charge in [0.1, 0.15) is 0 Å². The lowest BCUT2D eigenvalue weighted by Crippen LogP contribution is -2.44. The van der Waals surface area contributed by atoms with Crippen molar-refractivity contribution >= 4 is 0 Å². The van der Waals surface area contributed by atoms with E-state index in [1.54, 1.807) is 0 Å². The SMILES string of the molecule is C=C(C)CC1(CCC)CCCCCN1. The molecule has 1 rings (SSSR count). The minimum absolute atomic E-state index is 0.386. The standard InChI is InChI=1S/C13H25N/c1-4-8-13(11-12(2)3)9-6-5-7-10-14-13/h14H,2,4-11H2,1,3H3. The first-order chi connectivity index (χ1) is 6.68. The molecular formula is C13H25N. The van der Waals surface area contributed by atoms with Gasteiger partial charge in [0.2, 0.25) is 0 Å². The van der Waals surface area contributed by atoms with Crippen LogP contribution in [-0.2, 0) is 0 Å². The first kappa shape index (κ1) is 11.8. The van der Waals surface area contributed by atoms with Gasteiger partial charge in [0.05, 0.1) is 0 Å². The number of hydrogen-bond donors (Lipinski definition) is 1. The Labute approximate surface area is 89.0 Å². The second-order valence-corrected chi connectivity index (χ2v) is 4.90. The smallest absolute Gasteiger partial charge is 0.0218 e. The van der Waals surface area contributed by atoms with E-state index in [1.807, 2.05) is 0 Å². The highest BCUT2D eigenvalue weighted by Gasteiger charge is 2.29. The molecule has 0 bridgehead atoms. The second-order valence-electron chi connectivity index (χ2n) is 4.90. The lowest BCUT2D eigenvalue weighted by Gasteiger charge is -2.34. The van der Waals surface area contributed by atoms with Crippen molar-refractivity contribution in [2.75, 3.05) is 6.54 Å². The summed E-state index contributed by atoms with van der Waals surface area (Å²) < 4.78 is 0. The molecule has 0 aromatic carbocycles. The third-order valence-corrected chi connectivity index (χ3v) is 3.20. The number of hydrogen-bond acceptors (Lipinski definition) is 1. The summed E-state index contributed by atoms with van der Waals surface area (Å²) in [5.41, 5.74) is 1.71. The monoisotopic (exact) mass is 195 g/mol. The molecule has 1 heteroatoms. The minimum atomic E-state index is 0.386. The van der Waals surface area contributed by atoms with Crippen LogP contribution in [0.1, 0.15) is 58.8 Å². The fourth-order valence-corrected chi connectivity index (χ4v) is 2.72. The van der Waals surface area contributed by atoms with Gasteiger partial charge < -0.3 is 5.32 Å². The van der Waals surface area contributed by atoms with Crippen molar-refractivity contribution in [1.82, 2.24) is 5.32 Å². The second kappa shape index (κ2) is 5.55. The minimum Gasteiger partial charge on any atom is -0.311 e. The van der Waals surface area contributed by atoms with Gasteiger partial charge in [0, 0.05) is 5.54 Å². The Kier molecular flexibility index (Phi) is 4.67. The van der Waals surface area contributed by atoms with Gasteiger partial charge in [-0.1, -0.05) is 31.8 Å². The average Bonchev–Trinajstić information content (AvgIpc) is 2.30. The molecule has 1 nitrogen and oxygen atoms in total. The van der Waals surface area contributed by atoms with Crippen molar-refractivity contribution < 1.29 is 0 Å². The molecule has 0 aromatic rings. The summed E-state index contributed by atoms with van der Waals surface area (Å²) in [7, 11) is 0. The molecule has 14 heavy (non-hydrogen) atoms. The number of rotatable bonds is 4. The Morgan fingerprint density at radius 1 is 1.36 bits per heavy atom. The van der Waals surface area contributed by atoms with Crippen molar-refractivity contribution in [2.24, 2.45) is 0 Å². The van der Waals surface area contributed by atoms with Crippen molar-refractivity contribution in [3.05, 3.63) is 12.2 Å². The van der Waals surface area contributed by atoms with E-state index in [0.29, 0.717) is 5.54 Å². The van der Waals surface area contributed by atoms with E-state index < -0.39 is 0 Å². The zero-order chi connectivity index (χ0) is 10.4. The maximum atomic E-state index is 4.07. The van der Waals surface area contributed by atoms with Gasteiger partial charge in [0.15, 0.2) is 0 Å². The lowest BCUT2D eigenvalue weighted by molar-refractivity contribution is 0.288. The summed E-state index contributed by atoms with van der Waals surface area (Å²) in [4.78, 5) is 0. The maximum absolute atomic E-state index is 4.07. The molecule has 0 spiro atoms. The molecule has 1 saturated heterocycles. The predicted molar refractivity (Wildman–Crippen MR) is 63.5 cm³/mol. The number of nitrogens with one attached hydrogen (secondary N) is 1. The van der Waals surface area contributed by atoms with Gasteiger partial charge in [-0.05, 0) is 39.2 Å². The highest BCUT2D eigenvalue weighted by molar-refractivity contribution is 5.02. The van der Waals surface area contributed by atoms with Gasteiger partial charge in [-0.3, -0.25) is 0 Å². The van der Waals surface area contributed by atoms with Crippen LogP contribution in [0.2, 0.25) is 0 Å². The maximum Gasteiger partial charge on any atom is 0.0218 e. The molecular weight excluding hydrogens is 170 g/mol. The summed E-state index contributed by atoms with van der Waals surface area (Å²) in [6.45, 7) is 9.71. The van der Waals surface area contributed by atoms with Crippen molar-refractivity contribution in [1.29, 1.82) is 0 Å². The van der Waals surface area contributed by atoms with Crippen LogP contribution < -0.4 is 5.32 Å². The average molecular weight is 195 g/mol. The predicted octanol–water partition coefficient (Wildman–Crippen LogP) is 3.66. The topological polar surface area (TPSA) is 12.0 Å². The quantitative estimate of drug-likeness (QED) is 0.675. The van der Waals surface area contributed by atoms with E-state index in [4.69, 9.17) is 0 Å². The zero-order valence-electron chi connectivity index (χ0n) is 9.86. The first-order valence-corrected chi connectivity index (χ1v) is 6.08. The van der Waals surface area contributed by atoms with E-state index in [1.165, 1.54) is 57.1 Å². The van der Waals surface area contributed by atoms with Gasteiger partial charge >= 0.3 is 0 Å². The van der Waals surface area contributed by atoms with Crippen LogP contribution in [0.5, 0.6) is 0 Å². The Morgan fingerprint density at radius 2 is 2.14 bits per heavy atom. The Hall–Kier alpha value is -0.300. The molecule has 82 valence electrons. The molecule has 0 aromatic heterocycles. The van der Waals surface area contributed by atoms with Gasteiger partial charge in [-0.15, -0.1) is 6.58 Å². The molecule has 0 radical (unpaired) electrons. The van der Waals surface area contributed by atoms with Crippen LogP contribution in [0.15, 0.2) is 12.2 Å². The van der Waals surface area contributed by atoms with E-state index in [-0.39, 0.29) is 0 Å². The zero-order valence-corrected chi connectivity index (χ0v) is 9.86. The molecule has 1 atom stereocenters. The van der Waals surface area contributed by atoms with E-state index in [9.17, 15) is 0 Å². The highest BCUT2D eigenvalue weighted by Crippen LogP contribution is 2.29. The van der Waals surface area contributed by atoms with Crippen LogP contribution in [-0.4, -0.2) is 12.1 Å². The lowest BCUT2D eigenvalue weighted by atomic mass is 9.83. The van der Waals surface area contributed by atoms with Crippen LogP contribution in [0, 0.1) is 0 Å². The van der Waals surface area contributed by atoms with Crippen LogP contribution >= 0.6 is 0 Å². The molecule has 1 heterocycles. The fourth-order valence-electron chi connectivity index (χ4n) is 2.72. The van der Waals surface area contributed by atoms with Crippen molar-refractivity contribution in [2.45, 2.75) is 64.3 Å². The molecule has 1 fully saturated rings. The first-order valence-electron chi connectivity index (χ1n) is 6.08. The molecule has 1 aliphatic rings. The summed E-state index contributed by atoms with van der Waals surface area (Å²) in [5, 5.41) is 3.77. The van der Waals surface area contributed by atoms with E-state index >= 15 is 0 Å². The third kappa shape index (κ3) is 3.45. The molecule has 0 saturated carbocycles. The van der Waals surface area contributed by atoms with E-state index in [2.05, 4.69) is 25.7 Å². The summed E-state index contributed by atoms with van der Waals surface area (Å²) in [6, 6.07) is 0. The molecule has 0 aliphatic carbocycles. The van der Waals surface area contributed by atoms with Crippen LogP contribution in [0.4, 0.5) is 0 Å². The Bertz CT molecular complexity index is 176. The van der Waals surface area contributed by atoms with Gasteiger partial charge in [-0.2, -0.15) is 0 Å². The summed E-state index contributed by atoms with van der Waals surface area (Å²) in [5.74, 6) is 0. The fraction of sp³-hybridized carbons (Fsp3) is 0.846. The van der Waals surface area contributed by atoms with Crippen LogP contribution in [0.25, 0.3) is 0 Å². The largest absolute Gasteiger partial charge is 0.311 e. The molecule has 0 amide bonds. The van der Waals surface area contributed by atoms with Gasteiger partial charge in [-0.25, -0.2) is 0 Å². The van der Waals surface area contributed by atoms with Crippen LogP contribution in [0.3, 0.4) is 0 Å². The summed E-state index contributed by atoms with van der Waals surface area (Å²) in [6.07, 6.45) is 9.23. The van der Waals surface area contributed by atoms with E-state index in [0.717, 1.165) is 0 Å². The van der Waals surface area contributed by atoms with Gasteiger partial charge in [0.25, 0.3) is 0 Å². The normalized spacial score (nSPS) is 28.4. The third-order valence-electron chi connectivity index (χ3n) is 3.20. The molecule has 1 aliphatic heterocycles. The molecule has 1 N–H and O–H groups in total. The molecule has 1 unspecified atom stereocenters.